The smallest absolute Gasteiger partial charge is 0.303 e. The molecule has 0 unspecified atom stereocenters. The molecular formula is C30H60O8. The van der Waals surface area contributed by atoms with Crippen LogP contribution >= 0.6 is 0 Å². The van der Waals surface area contributed by atoms with Crippen molar-refractivity contribution >= 4 is 23.9 Å². The molecule has 0 aromatic carbocycles. The molecule has 0 aliphatic heterocycles. The molecule has 8 heteroatoms. The second-order valence-corrected chi connectivity index (χ2v) is 9.52. The number of hydrogen-bond donors (Lipinski definition) is 4. The summed E-state index contributed by atoms with van der Waals surface area (Å²) >= 11 is 0. The van der Waals surface area contributed by atoms with Crippen molar-refractivity contribution in [1.29, 1.82) is 0 Å². The molecule has 0 spiro atoms. The van der Waals surface area contributed by atoms with Crippen molar-refractivity contribution in [3.8, 4) is 0 Å². The Bertz CT molecular complexity index is 520. The zero-order chi connectivity index (χ0) is 29.9. The highest BCUT2D eigenvalue weighted by Gasteiger charge is 1.96. The lowest BCUT2D eigenvalue weighted by Gasteiger charge is -1.97. The van der Waals surface area contributed by atoms with E-state index < -0.39 is 23.9 Å². The standard InChI is InChI=1S/C9H18O2.C8H16O2.C7H14O2.C6H12O2/c1-2-3-4-5-6-7-8-9(10)11;1-2-3-4-5-6-7-8(9)10;1-2-3-4-5-6-7(8)9;1-2-3-4-5-6(7)8/h2-8H2,1H3,(H,10,11);2-7H2,1H3,(H,9,10);2-6H2,1H3,(H,8,9);2-5H2,1H3,(H,7,8). The van der Waals surface area contributed by atoms with Gasteiger partial charge in [0.2, 0.25) is 0 Å². The summed E-state index contributed by atoms with van der Waals surface area (Å²) in [5.74, 6) is -2.69. The minimum atomic E-state index is -0.682. The minimum Gasteiger partial charge on any atom is -0.481 e. The zero-order valence-electron chi connectivity index (χ0n) is 25.0. The Morgan fingerprint density at radius 2 is 0.474 bits per heavy atom. The maximum atomic E-state index is 10.1. The lowest BCUT2D eigenvalue weighted by Crippen LogP contribution is -1.93. The molecule has 0 radical (unpaired) electrons. The van der Waals surface area contributed by atoms with Gasteiger partial charge in [-0.2, -0.15) is 0 Å². The molecule has 0 saturated carbocycles. The zero-order valence-corrected chi connectivity index (χ0v) is 25.0. The normalized spacial score (nSPS) is 9.58. The van der Waals surface area contributed by atoms with Gasteiger partial charge in [-0.25, -0.2) is 0 Å². The highest BCUT2D eigenvalue weighted by molar-refractivity contribution is 5.67. The van der Waals surface area contributed by atoms with Crippen LogP contribution < -0.4 is 0 Å². The summed E-state index contributed by atoms with van der Waals surface area (Å²) < 4.78 is 0. The van der Waals surface area contributed by atoms with Gasteiger partial charge in [0.05, 0.1) is 0 Å². The van der Waals surface area contributed by atoms with Crippen LogP contribution in [-0.4, -0.2) is 44.3 Å². The first-order valence-electron chi connectivity index (χ1n) is 15.0. The van der Waals surface area contributed by atoms with Crippen molar-refractivity contribution in [3.63, 3.8) is 0 Å². The maximum absolute atomic E-state index is 10.1. The van der Waals surface area contributed by atoms with Crippen LogP contribution in [0.25, 0.3) is 0 Å². The monoisotopic (exact) mass is 548 g/mol. The lowest BCUT2D eigenvalue weighted by atomic mass is 10.1. The Kier molecular flexibility index (Phi) is 44.5. The van der Waals surface area contributed by atoms with Crippen LogP contribution in [-0.2, 0) is 19.2 Å². The fraction of sp³-hybridized carbons (Fsp3) is 0.867. The van der Waals surface area contributed by atoms with E-state index in [9.17, 15) is 19.2 Å². The minimum absolute atomic E-state index is 0.327. The Morgan fingerprint density at radius 3 is 0.711 bits per heavy atom. The van der Waals surface area contributed by atoms with Crippen LogP contribution in [0.4, 0.5) is 0 Å². The number of aliphatic carboxylic acids is 4. The van der Waals surface area contributed by atoms with Crippen molar-refractivity contribution in [2.24, 2.45) is 0 Å². The molecule has 38 heavy (non-hydrogen) atoms. The van der Waals surface area contributed by atoms with E-state index >= 15 is 0 Å². The third-order valence-corrected chi connectivity index (χ3v) is 5.48. The van der Waals surface area contributed by atoms with Gasteiger partial charge in [0.25, 0.3) is 0 Å². The van der Waals surface area contributed by atoms with Crippen LogP contribution in [0, 0.1) is 0 Å². The summed E-state index contributed by atoms with van der Waals surface area (Å²) in [7, 11) is 0. The van der Waals surface area contributed by atoms with Crippen LogP contribution in [0.1, 0.15) is 169 Å². The lowest BCUT2D eigenvalue weighted by molar-refractivity contribution is -0.138. The number of unbranched alkanes of at least 4 members (excludes halogenated alkanes) is 14. The molecule has 0 atom stereocenters. The molecule has 0 rings (SSSR count). The number of carbonyl (C=O) groups is 4. The molecule has 4 N–H and O–H groups in total. The van der Waals surface area contributed by atoms with Crippen LogP contribution in [0.5, 0.6) is 0 Å². The fourth-order valence-electron chi connectivity index (χ4n) is 3.17. The quantitative estimate of drug-likeness (QED) is 0.0979. The van der Waals surface area contributed by atoms with Gasteiger partial charge in [0.1, 0.15) is 0 Å². The number of rotatable bonds is 22. The van der Waals surface area contributed by atoms with E-state index in [0.29, 0.717) is 25.7 Å². The summed E-state index contributed by atoms with van der Waals surface area (Å²) in [6, 6.07) is 0. The molecule has 0 aliphatic carbocycles. The summed E-state index contributed by atoms with van der Waals surface area (Å²) in [5, 5.41) is 32.9. The van der Waals surface area contributed by atoms with Crippen LogP contribution in [0.3, 0.4) is 0 Å². The molecule has 0 bridgehead atoms. The topological polar surface area (TPSA) is 149 Å². The number of hydrogen-bond acceptors (Lipinski definition) is 4. The first-order valence-corrected chi connectivity index (χ1v) is 15.0. The fourth-order valence-corrected chi connectivity index (χ4v) is 3.17. The van der Waals surface area contributed by atoms with Crippen molar-refractivity contribution in [2.75, 3.05) is 0 Å². The number of carboxylic acid groups (broad SMARTS) is 4. The molecule has 0 heterocycles. The average Bonchev–Trinajstić information content (AvgIpc) is 2.85. The van der Waals surface area contributed by atoms with Gasteiger partial charge in [-0.05, 0) is 25.7 Å². The van der Waals surface area contributed by atoms with Gasteiger partial charge in [-0.1, -0.05) is 118 Å². The van der Waals surface area contributed by atoms with Crippen molar-refractivity contribution in [3.05, 3.63) is 0 Å². The molecule has 0 aromatic heterocycles. The Balaban J connectivity index is -0.000000204. The summed E-state index contributed by atoms with van der Waals surface area (Å²) in [5.41, 5.74) is 0. The predicted octanol–water partition coefficient (Wildman–Crippen LogP) is 8.95. The molecule has 0 amide bonds. The van der Waals surface area contributed by atoms with Crippen molar-refractivity contribution in [2.45, 2.75) is 169 Å². The Labute approximate surface area is 232 Å². The maximum Gasteiger partial charge on any atom is 0.303 e. The highest BCUT2D eigenvalue weighted by Crippen LogP contribution is 2.06. The predicted molar refractivity (Wildman–Crippen MR) is 155 cm³/mol. The summed E-state index contributed by atoms with van der Waals surface area (Å²) in [6.07, 6.45) is 21.0. The van der Waals surface area contributed by atoms with Crippen LogP contribution in [0.2, 0.25) is 0 Å². The van der Waals surface area contributed by atoms with Gasteiger partial charge in [-0.3, -0.25) is 19.2 Å². The van der Waals surface area contributed by atoms with E-state index in [1.54, 1.807) is 0 Å². The molecule has 0 aromatic rings. The Hall–Kier alpha value is -2.12. The molecule has 0 fully saturated rings. The first-order chi connectivity index (χ1) is 18.1. The SMILES string of the molecule is CCCCCC(=O)O.CCCCCCC(=O)O.CCCCCCCC(=O)O.CCCCCCCCC(=O)O. The van der Waals surface area contributed by atoms with E-state index in [1.807, 2.05) is 0 Å². The molecule has 0 aliphatic rings. The first kappa shape index (κ1) is 43.0. The second-order valence-electron chi connectivity index (χ2n) is 9.52. The molecule has 0 saturated heterocycles. The summed E-state index contributed by atoms with van der Waals surface area (Å²) in [6.45, 7) is 8.50. The summed E-state index contributed by atoms with van der Waals surface area (Å²) in [4.78, 5) is 40.0. The van der Waals surface area contributed by atoms with E-state index in [1.165, 1.54) is 51.4 Å². The number of carboxylic acids is 4. The largest absolute Gasteiger partial charge is 0.481 e. The third-order valence-electron chi connectivity index (χ3n) is 5.48. The molecular weight excluding hydrogens is 488 g/mol. The van der Waals surface area contributed by atoms with E-state index in [-0.39, 0.29) is 0 Å². The van der Waals surface area contributed by atoms with Crippen LogP contribution in [0.15, 0.2) is 0 Å². The van der Waals surface area contributed by atoms with Crippen molar-refractivity contribution in [1.82, 2.24) is 0 Å². The van der Waals surface area contributed by atoms with Gasteiger partial charge in [-0.15, -0.1) is 0 Å². The van der Waals surface area contributed by atoms with Gasteiger partial charge in [0.15, 0.2) is 0 Å². The molecule has 228 valence electrons. The van der Waals surface area contributed by atoms with E-state index in [0.717, 1.165) is 64.2 Å². The Morgan fingerprint density at radius 1 is 0.316 bits per heavy atom. The van der Waals surface area contributed by atoms with Crippen molar-refractivity contribution < 1.29 is 39.6 Å². The van der Waals surface area contributed by atoms with E-state index in [2.05, 4.69) is 27.7 Å². The second kappa shape index (κ2) is 39.4. The van der Waals surface area contributed by atoms with Gasteiger partial charge >= 0.3 is 23.9 Å². The van der Waals surface area contributed by atoms with Gasteiger partial charge in [0, 0.05) is 25.7 Å². The highest BCUT2D eigenvalue weighted by atomic mass is 16.4. The molecule has 8 nitrogen and oxygen atoms in total. The van der Waals surface area contributed by atoms with Gasteiger partial charge < -0.3 is 20.4 Å². The average molecular weight is 549 g/mol. The third kappa shape index (κ3) is 64.2. The van der Waals surface area contributed by atoms with E-state index in [4.69, 9.17) is 20.4 Å².